The van der Waals surface area contributed by atoms with Gasteiger partial charge in [-0.1, -0.05) is 6.42 Å². The average molecular weight is 215 g/mol. The molecule has 4 nitrogen and oxygen atoms in total. The lowest BCUT2D eigenvalue weighted by Crippen LogP contribution is -2.53. The zero-order chi connectivity index (χ0) is 11.7. The van der Waals surface area contributed by atoms with Gasteiger partial charge in [-0.15, -0.1) is 0 Å². The van der Waals surface area contributed by atoms with Gasteiger partial charge < -0.3 is 15.6 Å². The molecular formula is C11H21NO3. The second kappa shape index (κ2) is 4.10. The van der Waals surface area contributed by atoms with E-state index in [2.05, 4.69) is 0 Å². The molecule has 4 heteroatoms. The van der Waals surface area contributed by atoms with Gasteiger partial charge in [0.05, 0.1) is 5.92 Å². The fraction of sp³-hybridized carbons (Fsp3) is 0.909. The number of aliphatic hydroxyl groups is 1. The first-order chi connectivity index (χ1) is 6.72. The molecule has 0 amide bonds. The van der Waals surface area contributed by atoms with Crippen LogP contribution in [-0.4, -0.2) is 22.4 Å². The van der Waals surface area contributed by atoms with Gasteiger partial charge in [0.15, 0.2) is 0 Å². The Kier molecular flexibility index (Phi) is 3.41. The molecule has 1 saturated carbocycles. The molecule has 1 rings (SSSR count). The third kappa shape index (κ3) is 3.47. The van der Waals surface area contributed by atoms with Crippen LogP contribution in [0.25, 0.3) is 0 Å². The third-order valence-electron chi connectivity index (χ3n) is 2.61. The van der Waals surface area contributed by atoms with E-state index in [1.807, 2.05) is 20.8 Å². The standard InChI is InChI=1S/C11H21NO3/c1-10(2,3)15-9(13)8-6-4-5-7-11(8,12)14/h8,14H,4-7,12H2,1-3H3. The fourth-order valence-electron chi connectivity index (χ4n) is 1.88. The molecule has 15 heavy (non-hydrogen) atoms. The molecule has 0 aromatic heterocycles. The van der Waals surface area contributed by atoms with E-state index in [9.17, 15) is 9.90 Å². The number of nitrogens with two attached hydrogens (primary N) is 1. The van der Waals surface area contributed by atoms with Crippen LogP contribution in [-0.2, 0) is 9.53 Å². The molecular weight excluding hydrogens is 194 g/mol. The molecule has 2 unspecified atom stereocenters. The zero-order valence-corrected chi connectivity index (χ0v) is 9.75. The Labute approximate surface area is 90.8 Å². The molecule has 1 aliphatic carbocycles. The maximum absolute atomic E-state index is 11.8. The minimum absolute atomic E-state index is 0.382. The number of hydrogen-bond acceptors (Lipinski definition) is 4. The largest absolute Gasteiger partial charge is 0.460 e. The lowest BCUT2D eigenvalue weighted by molar-refractivity contribution is -0.173. The van der Waals surface area contributed by atoms with E-state index in [0.717, 1.165) is 12.8 Å². The van der Waals surface area contributed by atoms with Crippen LogP contribution >= 0.6 is 0 Å². The number of rotatable bonds is 1. The van der Waals surface area contributed by atoms with Crippen LogP contribution in [0.1, 0.15) is 46.5 Å². The molecule has 88 valence electrons. The Morgan fingerprint density at radius 3 is 2.53 bits per heavy atom. The van der Waals surface area contributed by atoms with E-state index >= 15 is 0 Å². The zero-order valence-electron chi connectivity index (χ0n) is 9.75. The van der Waals surface area contributed by atoms with Gasteiger partial charge in [-0.3, -0.25) is 4.79 Å². The van der Waals surface area contributed by atoms with E-state index in [4.69, 9.17) is 10.5 Å². The average Bonchev–Trinajstić information content (AvgIpc) is 1.99. The van der Waals surface area contributed by atoms with Crippen molar-refractivity contribution in [3.8, 4) is 0 Å². The van der Waals surface area contributed by atoms with Gasteiger partial charge in [0.1, 0.15) is 11.3 Å². The minimum atomic E-state index is -1.39. The van der Waals surface area contributed by atoms with Gasteiger partial charge in [0, 0.05) is 0 Å². The minimum Gasteiger partial charge on any atom is -0.460 e. The Balaban J connectivity index is 2.65. The predicted octanol–water partition coefficient (Wildman–Crippen LogP) is 1.17. The first-order valence-corrected chi connectivity index (χ1v) is 5.46. The van der Waals surface area contributed by atoms with Crippen LogP contribution in [0.3, 0.4) is 0 Å². The van der Waals surface area contributed by atoms with Crippen LogP contribution in [0.2, 0.25) is 0 Å². The van der Waals surface area contributed by atoms with Crippen molar-refractivity contribution in [3.05, 3.63) is 0 Å². The molecule has 0 aromatic rings. The van der Waals surface area contributed by atoms with Gasteiger partial charge >= 0.3 is 5.97 Å². The predicted molar refractivity (Wildman–Crippen MR) is 56.9 cm³/mol. The summed E-state index contributed by atoms with van der Waals surface area (Å²) in [5.41, 5.74) is 3.79. The van der Waals surface area contributed by atoms with Crippen LogP contribution in [0, 0.1) is 5.92 Å². The number of carbonyl (C=O) groups is 1. The van der Waals surface area contributed by atoms with Crippen LogP contribution in [0.4, 0.5) is 0 Å². The normalized spacial score (nSPS) is 32.5. The molecule has 0 aromatic carbocycles. The number of esters is 1. The van der Waals surface area contributed by atoms with Gasteiger partial charge in [-0.2, -0.15) is 0 Å². The first kappa shape index (κ1) is 12.5. The highest BCUT2D eigenvalue weighted by molar-refractivity contribution is 5.74. The third-order valence-corrected chi connectivity index (χ3v) is 2.61. The molecule has 3 N–H and O–H groups in total. The summed E-state index contributed by atoms with van der Waals surface area (Å²) in [6.45, 7) is 5.43. The van der Waals surface area contributed by atoms with Gasteiger partial charge in [0.2, 0.25) is 0 Å². The lowest BCUT2D eigenvalue weighted by atomic mass is 9.82. The van der Waals surface area contributed by atoms with Crippen LogP contribution in [0.5, 0.6) is 0 Å². The molecule has 1 aliphatic rings. The molecule has 0 radical (unpaired) electrons. The summed E-state index contributed by atoms with van der Waals surface area (Å²) in [6, 6.07) is 0. The summed E-state index contributed by atoms with van der Waals surface area (Å²) in [6.07, 6.45) is 2.87. The van der Waals surface area contributed by atoms with Crippen molar-refractivity contribution in [2.75, 3.05) is 0 Å². The summed E-state index contributed by atoms with van der Waals surface area (Å²) in [5.74, 6) is -0.960. The summed E-state index contributed by atoms with van der Waals surface area (Å²) in [7, 11) is 0. The molecule has 0 heterocycles. The highest BCUT2D eigenvalue weighted by Gasteiger charge is 2.42. The van der Waals surface area contributed by atoms with E-state index in [1.165, 1.54) is 0 Å². The van der Waals surface area contributed by atoms with E-state index in [-0.39, 0.29) is 5.97 Å². The molecule has 0 spiro atoms. The maximum Gasteiger partial charge on any atom is 0.313 e. The highest BCUT2D eigenvalue weighted by atomic mass is 16.6. The second-order valence-electron chi connectivity index (χ2n) is 5.32. The molecule has 1 fully saturated rings. The summed E-state index contributed by atoms with van der Waals surface area (Å²) < 4.78 is 5.23. The lowest BCUT2D eigenvalue weighted by Gasteiger charge is -2.36. The summed E-state index contributed by atoms with van der Waals surface area (Å²) >= 11 is 0. The van der Waals surface area contributed by atoms with Crippen molar-refractivity contribution in [1.82, 2.24) is 0 Å². The van der Waals surface area contributed by atoms with E-state index < -0.39 is 17.2 Å². The number of carbonyl (C=O) groups excluding carboxylic acids is 1. The van der Waals surface area contributed by atoms with Crippen molar-refractivity contribution < 1.29 is 14.6 Å². The Hall–Kier alpha value is -0.610. The molecule has 2 atom stereocenters. The van der Waals surface area contributed by atoms with Crippen molar-refractivity contribution in [2.24, 2.45) is 11.7 Å². The topological polar surface area (TPSA) is 72.5 Å². The molecule has 0 aliphatic heterocycles. The molecule has 0 saturated heterocycles. The first-order valence-electron chi connectivity index (χ1n) is 5.46. The second-order valence-corrected chi connectivity index (χ2v) is 5.32. The maximum atomic E-state index is 11.8. The highest BCUT2D eigenvalue weighted by Crippen LogP contribution is 2.31. The van der Waals surface area contributed by atoms with E-state index in [0.29, 0.717) is 12.8 Å². The van der Waals surface area contributed by atoms with Crippen molar-refractivity contribution in [3.63, 3.8) is 0 Å². The number of ether oxygens (including phenoxy) is 1. The molecule has 0 bridgehead atoms. The summed E-state index contributed by atoms with van der Waals surface area (Å²) in [4.78, 5) is 11.8. The van der Waals surface area contributed by atoms with E-state index in [1.54, 1.807) is 0 Å². The SMILES string of the molecule is CC(C)(C)OC(=O)C1CCCCC1(N)O. The Morgan fingerprint density at radius 2 is 2.07 bits per heavy atom. The van der Waals surface area contributed by atoms with Crippen molar-refractivity contribution in [2.45, 2.75) is 57.8 Å². The quantitative estimate of drug-likeness (QED) is 0.508. The Morgan fingerprint density at radius 1 is 1.47 bits per heavy atom. The Bertz CT molecular complexity index is 243. The van der Waals surface area contributed by atoms with Gasteiger partial charge in [-0.25, -0.2) is 0 Å². The smallest absolute Gasteiger partial charge is 0.313 e. The fourth-order valence-corrected chi connectivity index (χ4v) is 1.88. The van der Waals surface area contributed by atoms with Gasteiger partial charge in [-0.05, 0) is 40.0 Å². The van der Waals surface area contributed by atoms with Crippen molar-refractivity contribution in [1.29, 1.82) is 0 Å². The summed E-state index contributed by atoms with van der Waals surface area (Å²) in [5, 5.41) is 9.88. The monoisotopic (exact) mass is 215 g/mol. The van der Waals surface area contributed by atoms with Crippen LogP contribution < -0.4 is 5.73 Å². The van der Waals surface area contributed by atoms with Crippen LogP contribution in [0.15, 0.2) is 0 Å². The van der Waals surface area contributed by atoms with Crippen molar-refractivity contribution >= 4 is 5.97 Å². The number of hydrogen-bond donors (Lipinski definition) is 2. The van der Waals surface area contributed by atoms with Gasteiger partial charge in [0.25, 0.3) is 0 Å².